The summed E-state index contributed by atoms with van der Waals surface area (Å²) in [5.41, 5.74) is 2.32. The summed E-state index contributed by atoms with van der Waals surface area (Å²) in [6, 6.07) is 5.18. The van der Waals surface area contributed by atoms with Crippen molar-refractivity contribution in [2.75, 3.05) is 18.5 Å². The van der Waals surface area contributed by atoms with Crippen LogP contribution in [0.3, 0.4) is 0 Å². The number of nitrogens with one attached hydrogen (secondary N) is 2. The first-order valence-corrected chi connectivity index (χ1v) is 8.37. The maximum Gasteiger partial charge on any atom is 0.244 e. The van der Waals surface area contributed by atoms with Crippen LogP contribution in [-0.2, 0) is 16.0 Å². The Morgan fingerprint density at radius 1 is 1.42 bits per heavy atom. The molecule has 1 aromatic heterocycles. The van der Waals surface area contributed by atoms with Crippen LogP contribution >= 0.6 is 0 Å². The SMILES string of the molecule is C[C@H]1OCCN[C@@H]1C(=O)Nc1ccc2oc(CC(C)(C)C)nc2c1. The average molecular weight is 331 g/mol. The molecule has 1 amide bonds. The van der Waals surface area contributed by atoms with Crippen molar-refractivity contribution in [1.29, 1.82) is 0 Å². The van der Waals surface area contributed by atoms with Gasteiger partial charge in [0.1, 0.15) is 11.6 Å². The molecular formula is C18H25N3O3. The third kappa shape index (κ3) is 3.94. The second-order valence-corrected chi connectivity index (χ2v) is 7.52. The standard InChI is InChI=1S/C18H25N3O3/c1-11-16(19-7-8-23-11)17(22)20-12-5-6-14-13(9-12)21-15(24-14)10-18(2,3)4/h5-6,9,11,16,19H,7-8,10H2,1-4H3,(H,20,22)/t11-,16+/m1/s1. The molecule has 0 aliphatic carbocycles. The van der Waals surface area contributed by atoms with E-state index in [4.69, 9.17) is 9.15 Å². The number of anilines is 1. The van der Waals surface area contributed by atoms with Crippen molar-refractivity contribution in [2.45, 2.75) is 46.3 Å². The first-order chi connectivity index (χ1) is 11.3. The molecule has 130 valence electrons. The number of fused-ring (bicyclic) bond motifs is 1. The van der Waals surface area contributed by atoms with Gasteiger partial charge in [-0.25, -0.2) is 4.98 Å². The number of benzene rings is 1. The monoisotopic (exact) mass is 331 g/mol. The maximum absolute atomic E-state index is 12.4. The predicted octanol–water partition coefficient (Wildman–Crippen LogP) is 2.73. The Kier molecular flexibility index (Phi) is 4.60. The van der Waals surface area contributed by atoms with Gasteiger partial charge in [0, 0.05) is 18.7 Å². The summed E-state index contributed by atoms with van der Waals surface area (Å²) in [5, 5.41) is 6.11. The molecule has 3 rings (SSSR count). The van der Waals surface area contributed by atoms with E-state index >= 15 is 0 Å². The highest BCUT2D eigenvalue weighted by molar-refractivity contribution is 5.96. The van der Waals surface area contributed by atoms with Gasteiger partial charge in [0.25, 0.3) is 0 Å². The Labute approximate surface area is 142 Å². The van der Waals surface area contributed by atoms with Crippen molar-refractivity contribution in [3.05, 3.63) is 24.1 Å². The number of hydrogen-bond donors (Lipinski definition) is 2. The Balaban J connectivity index is 1.74. The van der Waals surface area contributed by atoms with E-state index in [2.05, 4.69) is 36.4 Å². The van der Waals surface area contributed by atoms with Crippen LogP contribution in [-0.4, -0.2) is 36.2 Å². The van der Waals surface area contributed by atoms with Crippen molar-refractivity contribution in [1.82, 2.24) is 10.3 Å². The van der Waals surface area contributed by atoms with Gasteiger partial charge in [0.05, 0.1) is 12.7 Å². The number of oxazole rings is 1. The van der Waals surface area contributed by atoms with Crippen LogP contribution in [0.2, 0.25) is 0 Å². The van der Waals surface area contributed by atoms with E-state index in [-0.39, 0.29) is 23.5 Å². The molecule has 2 aromatic rings. The van der Waals surface area contributed by atoms with E-state index < -0.39 is 0 Å². The van der Waals surface area contributed by atoms with Crippen LogP contribution < -0.4 is 10.6 Å². The van der Waals surface area contributed by atoms with Crippen molar-refractivity contribution in [3.8, 4) is 0 Å². The van der Waals surface area contributed by atoms with Crippen molar-refractivity contribution in [3.63, 3.8) is 0 Å². The Morgan fingerprint density at radius 3 is 2.92 bits per heavy atom. The van der Waals surface area contributed by atoms with E-state index in [9.17, 15) is 4.79 Å². The predicted molar refractivity (Wildman–Crippen MR) is 93.0 cm³/mol. The zero-order valence-electron chi connectivity index (χ0n) is 14.7. The second-order valence-electron chi connectivity index (χ2n) is 7.52. The molecule has 1 aromatic carbocycles. The number of morpholine rings is 1. The molecule has 6 nitrogen and oxygen atoms in total. The van der Waals surface area contributed by atoms with Gasteiger partial charge < -0.3 is 19.8 Å². The van der Waals surface area contributed by atoms with E-state index in [1.165, 1.54) is 0 Å². The van der Waals surface area contributed by atoms with Crippen molar-refractivity contribution < 1.29 is 13.9 Å². The van der Waals surface area contributed by atoms with Crippen LogP contribution in [0.5, 0.6) is 0 Å². The van der Waals surface area contributed by atoms with Crippen LogP contribution in [0.25, 0.3) is 11.1 Å². The highest BCUT2D eigenvalue weighted by Crippen LogP contribution is 2.25. The molecule has 0 saturated carbocycles. The van der Waals surface area contributed by atoms with E-state index in [0.717, 1.165) is 23.4 Å². The maximum atomic E-state index is 12.4. The summed E-state index contributed by atoms with van der Waals surface area (Å²) >= 11 is 0. The summed E-state index contributed by atoms with van der Waals surface area (Å²) in [6.07, 6.45) is 0.623. The van der Waals surface area contributed by atoms with E-state index in [0.29, 0.717) is 18.8 Å². The molecule has 24 heavy (non-hydrogen) atoms. The largest absolute Gasteiger partial charge is 0.441 e. The Hall–Kier alpha value is -1.92. The lowest BCUT2D eigenvalue weighted by atomic mass is 9.92. The summed E-state index contributed by atoms with van der Waals surface area (Å²) in [6.45, 7) is 9.65. The summed E-state index contributed by atoms with van der Waals surface area (Å²) in [7, 11) is 0. The number of amides is 1. The fourth-order valence-electron chi connectivity index (χ4n) is 2.83. The molecule has 0 radical (unpaired) electrons. The van der Waals surface area contributed by atoms with Crippen LogP contribution in [0, 0.1) is 5.41 Å². The van der Waals surface area contributed by atoms with Gasteiger partial charge in [0.15, 0.2) is 11.5 Å². The number of ether oxygens (including phenoxy) is 1. The van der Waals surface area contributed by atoms with Crippen molar-refractivity contribution >= 4 is 22.7 Å². The van der Waals surface area contributed by atoms with E-state index in [1.54, 1.807) is 0 Å². The van der Waals surface area contributed by atoms with Gasteiger partial charge in [-0.2, -0.15) is 0 Å². The quantitative estimate of drug-likeness (QED) is 0.904. The number of nitrogens with zero attached hydrogens (tertiary/aromatic N) is 1. The topological polar surface area (TPSA) is 76.4 Å². The minimum atomic E-state index is -0.344. The lowest BCUT2D eigenvalue weighted by Crippen LogP contribution is -2.53. The third-order valence-electron chi connectivity index (χ3n) is 3.98. The number of aromatic nitrogens is 1. The molecule has 1 fully saturated rings. The minimum Gasteiger partial charge on any atom is -0.441 e. The lowest BCUT2D eigenvalue weighted by molar-refractivity contribution is -0.123. The molecule has 0 spiro atoms. The van der Waals surface area contributed by atoms with Crippen LogP contribution in [0.15, 0.2) is 22.6 Å². The van der Waals surface area contributed by atoms with Gasteiger partial charge in [-0.3, -0.25) is 4.79 Å². The third-order valence-corrected chi connectivity index (χ3v) is 3.98. The number of hydrogen-bond acceptors (Lipinski definition) is 5. The van der Waals surface area contributed by atoms with Crippen LogP contribution in [0.4, 0.5) is 5.69 Å². The molecule has 2 heterocycles. The molecular weight excluding hydrogens is 306 g/mol. The smallest absolute Gasteiger partial charge is 0.244 e. The second kappa shape index (κ2) is 6.53. The normalized spacial score (nSPS) is 21.8. The lowest BCUT2D eigenvalue weighted by Gasteiger charge is -2.29. The fourth-order valence-corrected chi connectivity index (χ4v) is 2.83. The highest BCUT2D eigenvalue weighted by Gasteiger charge is 2.28. The van der Waals surface area contributed by atoms with Gasteiger partial charge in [-0.15, -0.1) is 0 Å². The average Bonchev–Trinajstić information content (AvgIpc) is 2.86. The summed E-state index contributed by atoms with van der Waals surface area (Å²) in [4.78, 5) is 16.9. The molecule has 0 bridgehead atoms. The summed E-state index contributed by atoms with van der Waals surface area (Å²) in [5.74, 6) is 0.622. The first kappa shape index (κ1) is 16.9. The molecule has 0 unspecified atom stereocenters. The van der Waals surface area contributed by atoms with Crippen LogP contribution in [0.1, 0.15) is 33.6 Å². The minimum absolute atomic E-state index is 0.0973. The first-order valence-electron chi connectivity index (χ1n) is 8.37. The van der Waals surface area contributed by atoms with E-state index in [1.807, 2.05) is 25.1 Å². The fraction of sp³-hybridized carbons (Fsp3) is 0.556. The summed E-state index contributed by atoms with van der Waals surface area (Å²) < 4.78 is 11.3. The number of rotatable bonds is 3. The van der Waals surface area contributed by atoms with Crippen molar-refractivity contribution in [2.24, 2.45) is 5.41 Å². The Morgan fingerprint density at radius 2 is 2.21 bits per heavy atom. The molecule has 1 aliphatic rings. The number of carbonyl (C=O) groups is 1. The van der Waals surface area contributed by atoms with Gasteiger partial charge in [0.2, 0.25) is 5.91 Å². The van der Waals surface area contributed by atoms with Gasteiger partial charge in [-0.1, -0.05) is 20.8 Å². The Bertz CT molecular complexity index is 733. The number of carbonyl (C=O) groups excluding carboxylic acids is 1. The van der Waals surface area contributed by atoms with Gasteiger partial charge >= 0.3 is 0 Å². The zero-order chi connectivity index (χ0) is 17.3. The molecule has 1 saturated heterocycles. The molecule has 2 N–H and O–H groups in total. The van der Waals surface area contributed by atoms with Gasteiger partial charge in [-0.05, 0) is 30.5 Å². The zero-order valence-corrected chi connectivity index (χ0v) is 14.7. The molecule has 2 atom stereocenters. The molecule has 1 aliphatic heterocycles. The molecule has 6 heteroatoms. The highest BCUT2D eigenvalue weighted by atomic mass is 16.5.